The highest BCUT2D eigenvalue weighted by molar-refractivity contribution is 6.09. The van der Waals surface area contributed by atoms with Crippen molar-refractivity contribution in [1.29, 1.82) is 0 Å². The zero-order valence-corrected chi connectivity index (χ0v) is 18.7. The Bertz CT molecular complexity index is 1110. The van der Waals surface area contributed by atoms with E-state index in [1.165, 1.54) is 5.56 Å². The van der Waals surface area contributed by atoms with Crippen molar-refractivity contribution in [2.24, 2.45) is 0 Å². The number of amides is 2. The Hall–Kier alpha value is -3.11. The molecule has 1 N–H and O–H groups in total. The molecule has 0 fully saturated rings. The zero-order valence-electron chi connectivity index (χ0n) is 17.9. The largest absolute Gasteiger partial charge is 0.322 e. The number of nitrogens with zero attached hydrogens (tertiary/aromatic N) is 1. The third-order valence-electron chi connectivity index (χ3n) is 5.71. The molecule has 31 heavy (non-hydrogen) atoms. The molecule has 1 aliphatic heterocycles. The third-order valence-corrected chi connectivity index (χ3v) is 5.71. The van der Waals surface area contributed by atoms with Gasteiger partial charge in [0.15, 0.2) is 0 Å². The Morgan fingerprint density at radius 1 is 0.839 bits per heavy atom. The summed E-state index contributed by atoms with van der Waals surface area (Å²) in [5.74, 6) is -0.133. The highest BCUT2D eigenvalue weighted by Crippen LogP contribution is 2.28. The van der Waals surface area contributed by atoms with Crippen molar-refractivity contribution in [2.75, 3.05) is 16.8 Å². The van der Waals surface area contributed by atoms with Gasteiger partial charge in [-0.05, 0) is 80.1 Å². The Kier molecular flexibility index (Phi) is 7.13. The minimum atomic E-state index is -0.145. The summed E-state index contributed by atoms with van der Waals surface area (Å²) in [7, 11) is 0. The highest BCUT2D eigenvalue weighted by Gasteiger charge is 2.23. The Labute approximate surface area is 189 Å². The van der Waals surface area contributed by atoms with Crippen LogP contribution in [0.25, 0.3) is 0 Å². The zero-order chi connectivity index (χ0) is 21.1. The van der Waals surface area contributed by atoms with Crippen LogP contribution in [0, 0.1) is 13.8 Å². The highest BCUT2D eigenvalue weighted by atomic mass is 35.5. The van der Waals surface area contributed by atoms with Crippen LogP contribution < -0.4 is 10.2 Å². The monoisotopic (exact) mass is 434 g/mol. The van der Waals surface area contributed by atoms with Crippen molar-refractivity contribution in [3.05, 3.63) is 94.5 Å². The molecule has 1 aliphatic rings. The maximum atomic E-state index is 13.4. The van der Waals surface area contributed by atoms with Gasteiger partial charge in [-0.25, -0.2) is 0 Å². The van der Waals surface area contributed by atoms with Gasteiger partial charge in [-0.3, -0.25) is 9.59 Å². The van der Waals surface area contributed by atoms with Crippen LogP contribution in [-0.2, 0) is 6.42 Å². The predicted octanol–water partition coefficient (Wildman–Crippen LogP) is 5.96. The predicted molar refractivity (Wildman–Crippen MR) is 129 cm³/mol. The molecule has 2 amide bonds. The molecule has 0 saturated heterocycles. The molecule has 0 spiro atoms. The number of para-hydroxylation sites is 1. The van der Waals surface area contributed by atoms with Crippen LogP contribution in [0.15, 0.2) is 66.7 Å². The molecule has 0 saturated carbocycles. The van der Waals surface area contributed by atoms with Crippen molar-refractivity contribution < 1.29 is 9.59 Å². The fourth-order valence-corrected chi connectivity index (χ4v) is 4.06. The number of anilines is 2. The third kappa shape index (κ3) is 4.80. The summed E-state index contributed by atoms with van der Waals surface area (Å²) in [5.41, 5.74) is 6.02. The molecule has 4 rings (SSSR count). The number of nitrogens with one attached hydrogen (secondary N) is 1. The molecule has 1 heterocycles. The number of fused-ring (bicyclic) bond motifs is 1. The van der Waals surface area contributed by atoms with Gasteiger partial charge in [0.05, 0.1) is 0 Å². The van der Waals surface area contributed by atoms with Crippen LogP contribution in [0.3, 0.4) is 0 Å². The van der Waals surface area contributed by atoms with Gasteiger partial charge in [-0.1, -0.05) is 36.4 Å². The minimum absolute atomic E-state index is 0. The fourth-order valence-electron chi connectivity index (χ4n) is 4.06. The molecule has 0 unspecified atom stereocenters. The number of benzene rings is 3. The van der Waals surface area contributed by atoms with E-state index in [9.17, 15) is 9.59 Å². The summed E-state index contributed by atoms with van der Waals surface area (Å²) in [5, 5.41) is 2.95. The van der Waals surface area contributed by atoms with E-state index in [-0.39, 0.29) is 24.2 Å². The van der Waals surface area contributed by atoms with E-state index in [2.05, 4.69) is 11.4 Å². The van der Waals surface area contributed by atoms with E-state index in [0.717, 1.165) is 42.6 Å². The second-order valence-electron chi connectivity index (χ2n) is 7.84. The van der Waals surface area contributed by atoms with Gasteiger partial charge in [0.1, 0.15) is 0 Å². The first kappa shape index (κ1) is 22.6. The molecular formula is C26H27ClN2O2. The quantitative estimate of drug-likeness (QED) is 0.552. The van der Waals surface area contributed by atoms with E-state index in [1.54, 1.807) is 6.07 Å². The lowest BCUT2D eigenvalue weighted by Crippen LogP contribution is -2.32. The van der Waals surface area contributed by atoms with Crippen LogP contribution in [0.1, 0.15) is 50.2 Å². The first-order chi connectivity index (χ1) is 14.5. The minimum Gasteiger partial charge on any atom is -0.322 e. The summed E-state index contributed by atoms with van der Waals surface area (Å²) in [6.45, 7) is 4.56. The molecule has 4 nitrogen and oxygen atoms in total. The van der Waals surface area contributed by atoms with Crippen LogP contribution in [0.2, 0.25) is 0 Å². The van der Waals surface area contributed by atoms with Crippen molar-refractivity contribution >= 4 is 35.6 Å². The lowest BCUT2D eigenvalue weighted by atomic mass is 10.0. The number of carbonyl (C=O) groups excluding carboxylic acids is 2. The molecule has 3 aromatic rings. The van der Waals surface area contributed by atoms with Gasteiger partial charge in [0, 0.05) is 29.0 Å². The first-order valence-electron chi connectivity index (χ1n) is 10.4. The normalized spacial score (nSPS) is 12.9. The van der Waals surface area contributed by atoms with E-state index in [4.69, 9.17) is 0 Å². The van der Waals surface area contributed by atoms with Crippen molar-refractivity contribution in [3.63, 3.8) is 0 Å². The lowest BCUT2D eigenvalue weighted by molar-refractivity contribution is 0.0985. The summed E-state index contributed by atoms with van der Waals surface area (Å²) in [6, 6.07) is 21.2. The molecule has 160 valence electrons. The first-order valence-corrected chi connectivity index (χ1v) is 10.4. The molecular weight excluding hydrogens is 408 g/mol. The summed E-state index contributed by atoms with van der Waals surface area (Å²) >= 11 is 0. The Balaban J connectivity index is 0.00000272. The second-order valence-corrected chi connectivity index (χ2v) is 7.84. The maximum Gasteiger partial charge on any atom is 0.258 e. The summed E-state index contributed by atoms with van der Waals surface area (Å²) < 4.78 is 0. The van der Waals surface area contributed by atoms with Gasteiger partial charge in [0.25, 0.3) is 11.8 Å². The number of hydrogen-bond acceptors (Lipinski definition) is 2. The molecule has 0 atom stereocenters. The molecule has 5 heteroatoms. The van der Waals surface area contributed by atoms with Crippen molar-refractivity contribution in [3.8, 4) is 0 Å². The number of hydrogen-bond donors (Lipinski definition) is 1. The van der Waals surface area contributed by atoms with Crippen LogP contribution in [-0.4, -0.2) is 18.4 Å². The molecule has 0 bridgehead atoms. The summed E-state index contributed by atoms with van der Waals surface area (Å²) in [4.78, 5) is 27.9. The number of carbonyl (C=O) groups is 2. The van der Waals surface area contributed by atoms with Crippen molar-refractivity contribution in [1.82, 2.24) is 0 Å². The van der Waals surface area contributed by atoms with Gasteiger partial charge in [-0.2, -0.15) is 0 Å². The van der Waals surface area contributed by atoms with Crippen LogP contribution in [0.5, 0.6) is 0 Å². The van der Waals surface area contributed by atoms with Gasteiger partial charge < -0.3 is 10.2 Å². The Morgan fingerprint density at radius 2 is 1.58 bits per heavy atom. The van der Waals surface area contributed by atoms with Crippen LogP contribution >= 0.6 is 12.4 Å². The van der Waals surface area contributed by atoms with Crippen molar-refractivity contribution in [2.45, 2.75) is 33.1 Å². The SMILES string of the molecule is Cc1ccccc1C(=O)Nc1ccc(C(=O)N2CCCCc3ccccc32)c(C)c1.Cl. The van der Waals surface area contributed by atoms with E-state index < -0.39 is 0 Å². The summed E-state index contributed by atoms with van der Waals surface area (Å²) in [6.07, 6.45) is 3.08. The van der Waals surface area contributed by atoms with Gasteiger partial charge >= 0.3 is 0 Å². The van der Waals surface area contributed by atoms with E-state index >= 15 is 0 Å². The number of halogens is 1. The van der Waals surface area contributed by atoms with Crippen LogP contribution in [0.4, 0.5) is 11.4 Å². The number of aryl methyl sites for hydroxylation is 3. The number of rotatable bonds is 3. The van der Waals surface area contributed by atoms with E-state index in [1.807, 2.05) is 73.3 Å². The average Bonchev–Trinajstić information content (AvgIpc) is 2.96. The van der Waals surface area contributed by atoms with Gasteiger partial charge in [-0.15, -0.1) is 12.4 Å². The Morgan fingerprint density at radius 3 is 2.35 bits per heavy atom. The standard InChI is InChI=1S/C26H26N2O2.ClH/c1-18-9-3-5-12-22(18)25(29)27-21-14-15-23(19(2)17-21)26(30)28-16-8-7-11-20-10-4-6-13-24(20)28;/h3-6,9-10,12-15,17H,7-8,11,16H2,1-2H3,(H,27,29);1H. The fraction of sp³-hybridized carbons (Fsp3) is 0.231. The van der Waals surface area contributed by atoms with Gasteiger partial charge in [0.2, 0.25) is 0 Å². The molecule has 3 aromatic carbocycles. The second kappa shape index (κ2) is 9.80. The van der Waals surface area contributed by atoms with E-state index in [0.29, 0.717) is 16.8 Å². The smallest absolute Gasteiger partial charge is 0.258 e. The lowest BCUT2D eigenvalue weighted by Gasteiger charge is -2.24. The average molecular weight is 435 g/mol. The topological polar surface area (TPSA) is 49.4 Å². The molecule has 0 aromatic heterocycles. The molecule has 0 radical (unpaired) electrons. The molecule has 0 aliphatic carbocycles. The maximum absolute atomic E-state index is 13.4.